The number of carbonyl (C=O) groups is 1. The molecule has 0 saturated carbocycles. The Morgan fingerprint density at radius 3 is 3.11 bits per heavy atom. The van der Waals surface area contributed by atoms with E-state index in [1.165, 1.54) is 16.9 Å². The van der Waals surface area contributed by atoms with Crippen LogP contribution in [0.2, 0.25) is 0 Å². The average molecular weight is 281 g/mol. The van der Waals surface area contributed by atoms with Gasteiger partial charge >= 0.3 is 0 Å². The third kappa shape index (κ3) is 3.37. The lowest BCUT2D eigenvalue weighted by Crippen LogP contribution is -2.29. The Kier molecular flexibility index (Phi) is 4.99. The minimum absolute atomic E-state index is 0.170. The molecule has 0 N–H and O–H groups in total. The lowest BCUT2D eigenvalue weighted by Gasteiger charge is -2.21. The highest BCUT2D eigenvalue weighted by molar-refractivity contribution is 7.10. The first-order valence-corrected chi connectivity index (χ1v) is 7.85. The van der Waals surface area contributed by atoms with Crippen LogP contribution in [0.15, 0.2) is 5.38 Å². The summed E-state index contributed by atoms with van der Waals surface area (Å²) in [6.07, 6.45) is 4.30. The molecule has 0 aliphatic heterocycles. The number of carbonyl (C=O) groups excluding carboxylic acids is 1. The Morgan fingerprint density at radius 1 is 1.58 bits per heavy atom. The fourth-order valence-electron chi connectivity index (χ4n) is 2.61. The molecule has 1 aromatic rings. The summed E-state index contributed by atoms with van der Waals surface area (Å²) in [6.45, 7) is 3.76. The van der Waals surface area contributed by atoms with Crippen molar-refractivity contribution in [2.75, 3.05) is 27.3 Å². The summed E-state index contributed by atoms with van der Waals surface area (Å²) in [6, 6.07) is 0. The maximum atomic E-state index is 12.4. The zero-order valence-corrected chi connectivity index (χ0v) is 12.9. The zero-order chi connectivity index (χ0) is 13.8. The van der Waals surface area contributed by atoms with E-state index < -0.39 is 0 Å². The molecule has 1 aliphatic carbocycles. The van der Waals surface area contributed by atoms with Gasteiger partial charge in [-0.2, -0.15) is 0 Å². The third-order valence-electron chi connectivity index (χ3n) is 3.82. The van der Waals surface area contributed by atoms with Gasteiger partial charge in [-0.3, -0.25) is 4.79 Å². The van der Waals surface area contributed by atoms with Crippen molar-refractivity contribution < 1.29 is 9.53 Å². The van der Waals surface area contributed by atoms with E-state index in [2.05, 4.69) is 12.3 Å². The van der Waals surface area contributed by atoms with Gasteiger partial charge < -0.3 is 9.64 Å². The van der Waals surface area contributed by atoms with Crippen LogP contribution in [0.5, 0.6) is 0 Å². The molecule has 2 rings (SSSR count). The molecule has 19 heavy (non-hydrogen) atoms. The van der Waals surface area contributed by atoms with Crippen molar-refractivity contribution in [3.05, 3.63) is 21.4 Å². The van der Waals surface area contributed by atoms with E-state index in [0.29, 0.717) is 6.61 Å². The van der Waals surface area contributed by atoms with Gasteiger partial charge in [-0.25, -0.2) is 0 Å². The van der Waals surface area contributed by atoms with Crippen LogP contribution in [0.4, 0.5) is 0 Å². The molecule has 1 unspecified atom stereocenters. The average Bonchev–Trinajstić information content (AvgIpc) is 2.80. The van der Waals surface area contributed by atoms with Crippen molar-refractivity contribution in [2.24, 2.45) is 5.92 Å². The predicted molar refractivity (Wildman–Crippen MR) is 79.0 cm³/mol. The van der Waals surface area contributed by atoms with E-state index in [4.69, 9.17) is 4.74 Å². The van der Waals surface area contributed by atoms with Crippen LogP contribution in [0.3, 0.4) is 0 Å². The van der Waals surface area contributed by atoms with Gasteiger partial charge in [0.1, 0.15) is 0 Å². The highest BCUT2D eigenvalue weighted by Gasteiger charge is 2.24. The molecule has 0 radical (unpaired) electrons. The lowest BCUT2D eigenvalue weighted by atomic mass is 9.88. The van der Waals surface area contributed by atoms with Crippen LogP contribution in [0.1, 0.15) is 40.6 Å². The lowest BCUT2D eigenvalue weighted by molar-refractivity contribution is 0.0778. The summed E-state index contributed by atoms with van der Waals surface area (Å²) in [5.74, 6) is 0.927. The smallest absolute Gasteiger partial charge is 0.254 e. The minimum atomic E-state index is 0.170. The van der Waals surface area contributed by atoms with Crippen LogP contribution < -0.4 is 0 Å². The molecule has 1 amide bonds. The van der Waals surface area contributed by atoms with Crippen LogP contribution in [-0.2, 0) is 17.6 Å². The highest BCUT2D eigenvalue weighted by atomic mass is 32.1. The zero-order valence-electron chi connectivity index (χ0n) is 12.1. The molecule has 1 aliphatic rings. The second-order valence-electron chi connectivity index (χ2n) is 5.47. The van der Waals surface area contributed by atoms with Gasteiger partial charge in [0, 0.05) is 37.6 Å². The van der Waals surface area contributed by atoms with Crippen molar-refractivity contribution in [1.82, 2.24) is 4.90 Å². The van der Waals surface area contributed by atoms with Crippen LogP contribution in [0, 0.1) is 5.92 Å². The molecule has 106 valence electrons. The summed E-state index contributed by atoms with van der Waals surface area (Å²) >= 11 is 1.76. The van der Waals surface area contributed by atoms with Gasteiger partial charge in [-0.05, 0) is 37.2 Å². The summed E-state index contributed by atoms with van der Waals surface area (Å²) in [5.41, 5.74) is 2.25. The number of ether oxygens (including phenoxy) is 1. The Bertz CT molecular complexity index is 441. The number of hydrogen-bond donors (Lipinski definition) is 0. The highest BCUT2D eigenvalue weighted by Crippen LogP contribution is 2.33. The van der Waals surface area contributed by atoms with E-state index in [1.54, 1.807) is 18.4 Å². The first-order valence-electron chi connectivity index (χ1n) is 6.97. The van der Waals surface area contributed by atoms with E-state index in [9.17, 15) is 4.79 Å². The third-order valence-corrected chi connectivity index (χ3v) is 4.87. The largest absolute Gasteiger partial charge is 0.385 e. The SMILES string of the molecule is COCCCN(C)C(=O)c1csc2c1CCC(C)C2. The van der Waals surface area contributed by atoms with Crippen LogP contribution >= 0.6 is 11.3 Å². The first-order chi connectivity index (χ1) is 9.13. The monoisotopic (exact) mass is 281 g/mol. The second kappa shape index (κ2) is 6.53. The topological polar surface area (TPSA) is 29.5 Å². The van der Waals surface area contributed by atoms with Crippen LogP contribution in [-0.4, -0.2) is 38.1 Å². The molecule has 0 fully saturated rings. The fourth-order valence-corrected chi connectivity index (χ4v) is 3.85. The van der Waals surface area contributed by atoms with E-state index in [0.717, 1.165) is 37.3 Å². The molecule has 0 bridgehead atoms. The van der Waals surface area contributed by atoms with Crippen molar-refractivity contribution >= 4 is 17.2 Å². The molecule has 4 heteroatoms. The van der Waals surface area contributed by atoms with Gasteiger partial charge in [0.25, 0.3) is 5.91 Å². The van der Waals surface area contributed by atoms with E-state index >= 15 is 0 Å². The molecule has 0 saturated heterocycles. The number of rotatable bonds is 5. The summed E-state index contributed by atoms with van der Waals surface area (Å²) in [7, 11) is 3.58. The number of fused-ring (bicyclic) bond motifs is 1. The molecule has 1 aromatic heterocycles. The summed E-state index contributed by atoms with van der Waals surface area (Å²) in [4.78, 5) is 15.7. The van der Waals surface area contributed by atoms with E-state index in [1.807, 2.05) is 11.9 Å². The maximum absolute atomic E-state index is 12.4. The molecular weight excluding hydrogens is 258 g/mol. The van der Waals surface area contributed by atoms with Crippen LogP contribution in [0.25, 0.3) is 0 Å². The molecular formula is C15H23NO2S. The number of methoxy groups -OCH3 is 1. The second-order valence-corrected chi connectivity index (χ2v) is 6.44. The minimum Gasteiger partial charge on any atom is -0.385 e. The molecule has 1 heterocycles. The normalized spacial score (nSPS) is 18.2. The summed E-state index contributed by atoms with van der Waals surface area (Å²) in [5, 5.41) is 2.05. The Balaban J connectivity index is 2.03. The maximum Gasteiger partial charge on any atom is 0.254 e. The molecule has 0 aromatic carbocycles. The number of thiophene rings is 1. The Hall–Kier alpha value is -0.870. The van der Waals surface area contributed by atoms with Gasteiger partial charge in [-0.15, -0.1) is 11.3 Å². The van der Waals surface area contributed by atoms with Gasteiger partial charge in [-0.1, -0.05) is 6.92 Å². The molecule has 1 atom stereocenters. The van der Waals surface area contributed by atoms with Crippen molar-refractivity contribution in [3.63, 3.8) is 0 Å². The van der Waals surface area contributed by atoms with E-state index in [-0.39, 0.29) is 5.91 Å². The van der Waals surface area contributed by atoms with Crippen molar-refractivity contribution in [3.8, 4) is 0 Å². The first kappa shape index (κ1) is 14.5. The number of nitrogens with zero attached hydrogens (tertiary/aromatic N) is 1. The number of hydrogen-bond acceptors (Lipinski definition) is 3. The standard InChI is InChI=1S/C15H23NO2S/c1-11-5-6-12-13(10-19-14(12)9-11)15(17)16(2)7-4-8-18-3/h10-11H,4-9H2,1-3H3. The predicted octanol–water partition coefficient (Wildman–Crippen LogP) is 2.98. The number of amides is 1. The van der Waals surface area contributed by atoms with Crippen molar-refractivity contribution in [1.29, 1.82) is 0 Å². The molecule has 3 nitrogen and oxygen atoms in total. The quantitative estimate of drug-likeness (QED) is 0.777. The Morgan fingerprint density at radius 2 is 2.37 bits per heavy atom. The van der Waals surface area contributed by atoms with Crippen molar-refractivity contribution in [2.45, 2.75) is 32.6 Å². The summed E-state index contributed by atoms with van der Waals surface area (Å²) < 4.78 is 5.03. The molecule has 0 spiro atoms. The van der Waals surface area contributed by atoms with Gasteiger partial charge in [0.05, 0.1) is 5.56 Å². The van der Waals surface area contributed by atoms with Gasteiger partial charge in [0.15, 0.2) is 0 Å². The van der Waals surface area contributed by atoms with Gasteiger partial charge in [0.2, 0.25) is 0 Å². The fraction of sp³-hybridized carbons (Fsp3) is 0.667. The Labute approximate surface area is 119 Å².